The van der Waals surface area contributed by atoms with Gasteiger partial charge in [-0.2, -0.15) is 0 Å². The molecule has 0 nitrogen and oxygen atoms in total. The summed E-state index contributed by atoms with van der Waals surface area (Å²) in [6.07, 6.45) is 9.27. The smallest absolute Gasteiger partial charge is 0.0101 e. The van der Waals surface area contributed by atoms with Crippen LogP contribution in [0.25, 0.3) is 0 Å². The summed E-state index contributed by atoms with van der Waals surface area (Å²) in [5.74, 6) is 0. The molecular weight excluding hydrogens is 360 g/mol. The molecule has 0 spiro atoms. The van der Waals surface area contributed by atoms with Gasteiger partial charge in [0.05, 0.1) is 0 Å². The second-order valence-electron chi connectivity index (χ2n) is 12.3. The van der Waals surface area contributed by atoms with Gasteiger partial charge >= 0.3 is 0 Å². The van der Waals surface area contributed by atoms with E-state index < -0.39 is 0 Å². The molecule has 30 heavy (non-hydrogen) atoms. The summed E-state index contributed by atoms with van der Waals surface area (Å²) in [6.45, 7) is 18.5. The first-order valence-corrected chi connectivity index (χ1v) is 12.1. The predicted octanol–water partition coefficient (Wildman–Crippen LogP) is 8.46. The summed E-state index contributed by atoms with van der Waals surface area (Å²) in [5, 5.41) is 0. The zero-order valence-corrected chi connectivity index (χ0v) is 20.9. The van der Waals surface area contributed by atoms with Crippen molar-refractivity contribution < 1.29 is 0 Å². The van der Waals surface area contributed by atoms with Crippen LogP contribution >= 0.6 is 0 Å². The lowest BCUT2D eigenvalue weighted by molar-refractivity contribution is 0.430. The van der Waals surface area contributed by atoms with Crippen molar-refractivity contribution in [3.63, 3.8) is 0 Å². The summed E-state index contributed by atoms with van der Waals surface area (Å²) < 4.78 is 0. The molecular formula is C30H44. The molecule has 2 aliphatic carbocycles. The Morgan fingerprint density at radius 2 is 1.10 bits per heavy atom. The van der Waals surface area contributed by atoms with E-state index in [9.17, 15) is 0 Å². The third-order valence-corrected chi connectivity index (χ3v) is 7.17. The van der Waals surface area contributed by atoms with Gasteiger partial charge in [-0.25, -0.2) is 0 Å². The number of hydrogen-bond donors (Lipinski definition) is 0. The van der Waals surface area contributed by atoms with Gasteiger partial charge in [0.1, 0.15) is 0 Å². The molecule has 0 saturated heterocycles. The third kappa shape index (κ3) is 5.37. The van der Waals surface area contributed by atoms with E-state index in [1.54, 1.807) is 22.3 Å². The van der Waals surface area contributed by atoms with Crippen molar-refractivity contribution >= 4 is 0 Å². The highest BCUT2D eigenvalue weighted by Crippen LogP contribution is 2.38. The molecule has 0 saturated carbocycles. The molecule has 2 aromatic carbocycles. The van der Waals surface area contributed by atoms with Crippen LogP contribution in [0.4, 0.5) is 0 Å². The van der Waals surface area contributed by atoms with Gasteiger partial charge in [-0.3, -0.25) is 0 Å². The number of hydrogen-bond acceptors (Lipinski definition) is 0. The monoisotopic (exact) mass is 404 g/mol. The van der Waals surface area contributed by atoms with Gasteiger partial charge in [0, 0.05) is 0 Å². The van der Waals surface area contributed by atoms with E-state index in [-0.39, 0.29) is 5.41 Å². The predicted molar refractivity (Wildman–Crippen MR) is 133 cm³/mol. The van der Waals surface area contributed by atoms with Crippen LogP contribution in [0.15, 0.2) is 36.4 Å². The van der Waals surface area contributed by atoms with E-state index in [0.717, 1.165) is 0 Å². The molecule has 0 fully saturated rings. The maximum atomic E-state index is 2.45. The molecule has 0 atom stereocenters. The van der Waals surface area contributed by atoms with Gasteiger partial charge in [-0.1, -0.05) is 91.8 Å². The Bertz CT molecular complexity index is 868. The maximum Gasteiger partial charge on any atom is -0.0101 e. The molecule has 0 radical (unpaired) electrons. The molecule has 0 heterocycles. The average Bonchev–Trinajstić information content (AvgIpc) is 2.66. The van der Waals surface area contributed by atoms with Crippen molar-refractivity contribution in [3.05, 3.63) is 69.8 Å². The van der Waals surface area contributed by atoms with E-state index in [1.807, 2.05) is 0 Å². The molecule has 0 heteroatoms. The third-order valence-electron chi connectivity index (χ3n) is 7.17. The Labute approximate surface area is 186 Å². The first-order valence-electron chi connectivity index (χ1n) is 12.1. The lowest BCUT2D eigenvalue weighted by Crippen LogP contribution is -2.25. The van der Waals surface area contributed by atoms with Gasteiger partial charge in [-0.15, -0.1) is 0 Å². The highest BCUT2D eigenvalue weighted by atomic mass is 14.3. The molecule has 4 rings (SSSR count). The van der Waals surface area contributed by atoms with E-state index in [0.29, 0.717) is 10.8 Å². The zero-order chi connectivity index (χ0) is 22.2. The van der Waals surface area contributed by atoms with E-state index in [4.69, 9.17) is 0 Å². The molecule has 0 aliphatic heterocycles. The molecule has 164 valence electrons. The largest absolute Gasteiger partial charge is 0.0585 e. The number of aryl methyl sites for hydroxylation is 3. The first-order chi connectivity index (χ1) is 13.9. The van der Waals surface area contributed by atoms with Crippen LogP contribution in [-0.4, -0.2) is 0 Å². The van der Waals surface area contributed by atoms with E-state index in [1.165, 1.54) is 56.1 Å². The van der Waals surface area contributed by atoms with Crippen LogP contribution in [0.5, 0.6) is 0 Å². The van der Waals surface area contributed by atoms with E-state index >= 15 is 0 Å². The minimum absolute atomic E-state index is 0.266. The molecule has 2 aromatic rings. The second-order valence-corrected chi connectivity index (χ2v) is 12.3. The Balaban J connectivity index is 0.000000172. The van der Waals surface area contributed by atoms with Gasteiger partial charge < -0.3 is 0 Å². The average molecular weight is 405 g/mol. The van der Waals surface area contributed by atoms with Crippen molar-refractivity contribution in [2.75, 3.05) is 0 Å². The Morgan fingerprint density at radius 3 is 1.70 bits per heavy atom. The lowest BCUT2D eigenvalue weighted by Gasteiger charge is -2.34. The minimum Gasteiger partial charge on any atom is -0.0585 e. The van der Waals surface area contributed by atoms with Crippen LogP contribution < -0.4 is 0 Å². The minimum atomic E-state index is 0.266. The van der Waals surface area contributed by atoms with Gasteiger partial charge in [0.15, 0.2) is 0 Å². The quantitative estimate of drug-likeness (QED) is 0.413. The van der Waals surface area contributed by atoms with Gasteiger partial charge in [-0.05, 0) is 94.6 Å². The zero-order valence-electron chi connectivity index (χ0n) is 20.9. The van der Waals surface area contributed by atoms with E-state index in [2.05, 4.69) is 91.8 Å². The highest BCUT2D eigenvalue weighted by Gasteiger charge is 2.28. The van der Waals surface area contributed by atoms with Crippen molar-refractivity contribution in [3.8, 4) is 0 Å². The van der Waals surface area contributed by atoms with Crippen LogP contribution in [0, 0.1) is 0 Å². The fourth-order valence-electron chi connectivity index (χ4n) is 4.95. The molecule has 0 aromatic heterocycles. The first kappa shape index (κ1) is 23.1. The van der Waals surface area contributed by atoms with Crippen molar-refractivity contribution in [2.24, 2.45) is 0 Å². The number of rotatable bonds is 0. The fraction of sp³-hybridized carbons (Fsp3) is 0.600. The van der Waals surface area contributed by atoms with Gasteiger partial charge in [0.2, 0.25) is 0 Å². The summed E-state index contributed by atoms with van der Waals surface area (Å²) >= 11 is 0. The summed E-state index contributed by atoms with van der Waals surface area (Å²) in [6, 6.07) is 14.2. The summed E-state index contributed by atoms with van der Waals surface area (Å²) in [7, 11) is 0. The molecule has 0 N–H and O–H groups in total. The van der Waals surface area contributed by atoms with Crippen molar-refractivity contribution in [1.29, 1.82) is 0 Å². The Hall–Kier alpha value is -1.56. The molecule has 0 amide bonds. The maximum absolute atomic E-state index is 2.45. The van der Waals surface area contributed by atoms with Crippen LogP contribution in [-0.2, 0) is 35.5 Å². The van der Waals surface area contributed by atoms with Crippen LogP contribution in [0.2, 0.25) is 0 Å². The topological polar surface area (TPSA) is 0 Å². The molecule has 0 unspecified atom stereocenters. The second kappa shape index (κ2) is 8.52. The summed E-state index contributed by atoms with van der Waals surface area (Å²) in [4.78, 5) is 0. The van der Waals surface area contributed by atoms with Gasteiger partial charge in [0.25, 0.3) is 0 Å². The molecule has 0 bridgehead atoms. The Kier molecular flexibility index (Phi) is 6.57. The number of fused-ring (bicyclic) bond motifs is 2. The van der Waals surface area contributed by atoms with Crippen molar-refractivity contribution in [2.45, 2.75) is 117 Å². The number of benzene rings is 2. The lowest BCUT2D eigenvalue weighted by atomic mass is 9.71. The Morgan fingerprint density at radius 1 is 0.600 bits per heavy atom. The fourth-order valence-corrected chi connectivity index (χ4v) is 4.95. The SMILES string of the molecule is CC(C)(C)c1ccc2c(c1)C(C)(C)CCC2.CC(C)(C)c1ccc2c(c1)CCCC2. The summed E-state index contributed by atoms with van der Waals surface area (Å²) in [5.41, 5.74) is 10.2. The molecule has 2 aliphatic rings. The van der Waals surface area contributed by atoms with Crippen LogP contribution in [0.1, 0.15) is 114 Å². The highest BCUT2D eigenvalue weighted by molar-refractivity contribution is 5.41. The van der Waals surface area contributed by atoms with Crippen LogP contribution in [0.3, 0.4) is 0 Å². The normalized spacial score (nSPS) is 18.0. The van der Waals surface area contributed by atoms with Crippen molar-refractivity contribution in [1.82, 2.24) is 0 Å². The standard InChI is InChI=1S/C16H24.C14H20/c1-15(2,3)13-9-8-12-7-6-10-16(4,5)14(12)11-13;1-14(2,3)13-9-8-11-6-4-5-7-12(11)10-13/h8-9,11H,6-7,10H2,1-5H3;8-10H,4-7H2,1-3H3.